The second-order valence-electron chi connectivity index (χ2n) is 8.25. The fraction of sp³-hybridized carbons (Fsp3) is 0.667. The Morgan fingerprint density at radius 1 is 1.14 bits per heavy atom. The molecular formula is C21H30N4O3. The van der Waals surface area contributed by atoms with E-state index in [1.54, 1.807) is 29.4 Å². The molecule has 2 fully saturated rings. The van der Waals surface area contributed by atoms with Crippen LogP contribution in [0.5, 0.6) is 5.88 Å². The molecule has 152 valence electrons. The van der Waals surface area contributed by atoms with Crippen LogP contribution in [0.25, 0.3) is 11.2 Å². The highest BCUT2D eigenvalue weighted by molar-refractivity contribution is 5.79. The number of hydrogen-bond acceptors (Lipinski definition) is 4. The number of amides is 1. The minimum absolute atomic E-state index is 0.0396. The van der Waals surface area contributed by atoms with Gasteiger partial charge in [-0.15, -0.1) is 0 Å². The van der Waals surface area contributed by atoms with E-state index in [2.05, 4.69) is 9.88 Å². The van der Waals surface area contributed by atoms with Gasteiger partial charge in [0, 0.05) is 38.7 Å². The maximum absolute atomic E-state index is 12.8. The molecule has 4 rings (SSSR count). The monoisotopic (exact) mass is 386 g/mol. The Morgan fingerprint density at radius 2 is 1.86 bits per heavy atom. The van der Waals surface area contributed by atoms with Crippen LogP contribution in [0.1, 0.15) is 44.9 Å². The lowest BCUT2D eigenvalue weighted by atomic mass is 9.81. The summed E-state index contributed by atoms with van der Waals surface area (Å²) in [5, 5.41) is 0. The number of hydrogen-bond donors (Lipinski definition) is 0. The lowest BCUT2D eigenvalue weighted by Gasteiger charge is -2.34. The highest BCUT2D eigenvalue weighted by Crippen LogP contribution is 2.32. The molecule has 7 nitrogen and oxygen atoms in total. The summed E-state index contributed by atoms with van der Waals surface area (Å²) in [5.74, 6) is 1.44. The van der Waals surface area contributed by atoms with Crippen molar-refractivity contribution in [2.75, 3.05) is 20.2 Å². The summed E-state index contributed by atoms with van der Waals surface area (Å²) >= 11 is 0. The number of fused-ring (bicyclic) bond motifs is 1. The molecule has 1 saturated carbocycles. The van der Waals surface area contributed by atoms with Crippen LogP contribution in [-0.4, -0.2) is 45.1 Å². The van der Waals surface area contributed by atoms with E-state index in [1.807, 2.05) is 6.07 Å². The maximum atomic E-state index is 12.8. The zero-order chi connectivity index (χ0) is 19.7. The van der Waals surface area contributed by atoms with E-state index in [0.29, 0.717) is 29.9 Å². The van der Waals surface area contributed by atoms with Crippen molar-refractivity contribution in [3.05, 3.63) is 22.6 Å². The van der Waals surface area contributed by atoms with Crippen molar-refractivity contribution in [3.8, 4) is 5.88 Å². The number of aromatic nitrogens is 3. The summed E-state index contributed by atoms with van der Waals surface area (Å²) in [6, 6.07) is 3.66. The third kappa shape index (κ3) is 3.54. The van der Waals surface area contributed by atoms with Crippen molar-refractivity contribution < 1.29 is 9.53 Å². The Hall–Kier alpha value is -2.31. The number of carbonyl (C=O) groups is 1. The zero-order valence-electron chi connectivity index (χ0n) is 16.9. The van der Waals surface area contributed by atoms with Crippen molar-refractivity contribution in [1.82, 2.24) is 19.0 Å². The fourth-order valence-corrected chi connectivity index (χ4v) is 4.76. The largest absolute Gasteiger partial charge is 0.481 e. The predicted molar refractivity (Wildman–Crippen MR) is 107 cm³/mol. The molecule has 3 heterocycles. The Bertz CT molecular complexity index is 902. The van der Waals surface area contributed by atoms with Crippen molar-refractivity contribution in [2.24, 2.45) is 18.9 Å². The standard InChI is InChI=1S/C21H30N4O3/c1-23-17-10-11-18(28-2)22-19(17)25(21(23)27)14-15-6-8-16(9-7-15)20(26)24-12-4-3-5-13-24/h10-11,15-16H,3-9,12-14H2,1-2H3. The Morgan fingerprint density at radius 3 is 2.54 bits per heavy atom. The number of pyridine rings is 1. The first-order valence-corrected chi connectivity index (χ1v) is 10.5. The molecule has 0 N–H and O–H groups in total. The fourth-order valence-electron chi connectivity index (χ4n) is 4.76. The van der Waals surface area contributed by atoms with Crippen LogP contribution >= 0.6 is 0 Å². The number of ether oxygens (including phenoxy) is 1. The van der Waals surface area contributed by atoms with Gasteiger partial charge in [-0.3, -0.25) is 13.9 Å². The zero-order valence-corrected chi connectivity index (χ0v) is 16.9. The molecule has 1 amide bonds. The van der Waals surface area contributed by atoms with E-state index >= 15 is 0 Å². The SMILES string of the molecule is COc1ccc2c(n1)n(CC1CCC(C(=O)N3CCCCC3)CC1)c(=O)n2C. The third-order valence-electron chi connectivity index (χ3n) is 6.48. The van der Waals surface area contributed by atoms with Gasteiger partial charge in [0.2, 0.25) is 11.8 Å². The molecular weight excluding hydrogens is 356 g/mol. The minimum atomic E-state index is -0.0396. The van der Waals surface area contributed by atoms with Crippen LogP contribution in [0.3, 0.4) is 0 Å². The molecule has 1 aliphatic carbocycles. The van der Waals surface area contributed by atoms with Gasteiger partial charge in [-0.25, -0.2) is 4.79 Å². The molecule has 0 spiro atoms. The van der Waals surface area contributed by atoms with Gasteiger partial charge in [0.25, 0.3) is 0 Å². The molecule has 0 bridgehead atoms. The number of likely N-dealkylation sites (tertiary alicyclic amines) is 1. The second kappa shape index (κ2) is 7.97. The lowest BCUT2D eigenvalue weighted by molar-refractivity contribution is -0.137. The van der Waals surface area contributed by atoms with E-state index in [4.69, 9.17) is 4.74 Å². The number of nitrogens with zero attached hydrogens (tertiary/aromatic N) is 4. The van der Waals surface area contributed by atoms with Crippen LogP contribution in [0.15, 0.2) is 16.9 Å². The van der Waals surface area contributed by atoms with E-state index in [1.165, 1.54) is 6.42 Å². The van der Waals surface area contributed by atoms with Crippen LogP contribution in [0, 0.1) is 11.8 Å². The summed E-state index contributed by atoms with van der Waals surface area (Å²) in [4.78, 5) is 32.1. The molecule has 1 aliphatic heterocycles. The summed E-state index contributed by atoms with van der Waals surface area (Å²) < 4.78 is 8.66. The van der Waals surface area contributed by atoms with Crippen molar-refractivity contribution >= 4 is 17.1 Å². The Kier molecular flexibility index (Phi) is 5.42. The smallest absolute Gasteiger partial charge is 0.330 e. The average Bonchev–Trinajstić information content (AvgIpc) is 2.98. The van der Waals surface area contributed by atoms with Gasteiger partial charge in [0.1, 0.15) is 0 Å². The Labute approximate surface area is 165 Å². The molecule has 2 aromatic rings. The molecule has 7 heteroatoms. The van der Waals surface area contributed by atoms with Gasteiger partial charge >= 0.3 is 5.69 Å². The first-order chi connectivity index (χ1) is 13.6. The van der Waals surface area contributed by atoms with Gasteiger partial charge in [0.15, 0.2) is 5.65 Å². The predicted octanol–water partition coefficient (Wildman–Crippen LogP) is 2.56. The van der Waals surface area contributed by atoms with Crippen LogP contribution < -0.4 is 10.4 Å². The number of imidazole rings is 1. The third-order valence-corrected chi connectivity index (χ3v) is 6.48. The van der Waals surface area contributed by atoms with Crippen LogP contribution in [0.2, 0.25) is 0 Å². The normalized spacial score (nSPS) is 23.1. The molecule has 28 heavy (non-hydrogen) atoms. The van der Waals surface area contributed by atoms with Gasteiger partial charge < -0.3 is 9.64 Å². The maximum Gasteiger partial charge on any atom is 0.330 e. The molecule has 1 saturated heterocycles. The molecule has 0 unspecified atom stereocenters. The molecule has 2 aliphatic rings. The van der Waals surface area contributed by atoms with Gasteiger partial charge in [-0.1, -0.05) is 0 Å². The number of aryl methyl sites for hydroxylation is 1. The molecule has 0 radical (unpaired) electrons. The first-order valence-electron chi connectivity index (χ1n) is 10.5. The van der Waals surface area contributed by atoms with Crippen LogP contribution in [0.4, 0.5) is 0 Å². The number of piperidine rings is 1. The topological polar surface area (TPSA) is 69.4 Å². The van der Waals surface area contributed by atoms with Gasteiger partial charge in [0.05, 0.1) is 12.6 Å². The number of rotatable bonds is 4. The summed E-state index contributed by atoms with van der Waals surface area (Å²) in [6.07, 6.45) is 7.35. The van der Waals surface area contributed by atoms with E-state index < -0.39 is 0 Å². The van der Waals surface area contributed by atoms with E-state index in [-0.39, 0.29) is 11.6 Å². The van der Waals surface area contributed by atoms with Crippen molar-refractivity contribution in [1.29, 1.82) is 0 Å². The summed E-state index contributed by atoms with van der Waals surface area (Å²) in [5.41, 5.74) is 1.46. The van der Waals surface area contributed by atoms with Crippen LogP contribution in [-0.2, 0) is 18.4 Å². The second-order valence-corrected chi connectivity index (χ2v) is 8.25. The molecule has 0 atom stereocenters. The minimum Gasteiger partial charge on any atom is -0.481 e. The number of carbonyl (C=O) groups excluding carboxylic acids is 1. The van der Waals surface area contributed by atoms with Crippen molar-refractivity contribution in [2.45, 2.75) is 51.5 Å². The molecule has 0 aromatic carbocycles. The van der Waals surface area contributed by atoms with E-state index in [0.717, 1.165) is 57.1 Å². The Balaban J connectivity index is 1.44. The highest BCUT2D eigenvalue weighted by Gasteiger charge is 2.30. The average molecular weight is 386 g/mol. The van der Waals surface area contributed by atoms with Gasteiger partial charge in [-0.2, -0.15) is 4.98 Å². The summed E-state index contributed by atoms with van der Waals surface area (Å²) in [6.45, 7) is 2.51. The lowest BCUT2D eigenvalue weighted by Crippen LogP contribution is -2.41. The quantitative estimate of drug-likeness (QED) is 0.810. The van der Waals surface area contributed by atoms with E-state index in [9.17, 15) is 9.59 Å². The van der Waals surface area contributed by atoms with Crippen molar-refractivity contribution in [3.63, 3.8) is 0 Å². The summed E-state index contributed by atoms with van der Waals surface area (Å²) in [7, 11) is 3.36. The highest BCUT2D eigenvalue weighted by atomic mass is 16.5. The molecule has 2 aromatic heterocycles. The number of methoxy groups -OCH3 is 1. The van der Waals surface area contributed by atoms with Gasteiger partial charge in [-0.05, 0) is 56.9 Å². The first kappa shape index (κ1) is 19.0.